The van der Waals surface area contributed by atoms with Crippen molar-refractivity contribution >= 4 is 105 Å². The Morgan fingerprint density at radius 3 is 1.14 bits per heavy atom. The van der Waals surface area contributed by atoms with Crippen LogP contribution in [0.1, 0.15) is 11.1 Å². The molecule has 0 saturated carbocycles. The van der Waals surface area contributed by atoms with E-state index in [4.69, 9.17) is 0 Å². The van der Waals surface area contributed by atoms with Gasteiger partial charge in [0.05, 0.1) is 0 Å². The van der Waals surface area contributed by atoms with Crippen molar-refractivity contribution in [1.29, 1.82) is 0 Å². The van der Waals surface area contributed by atoms with Crippen LogP contribution in [0.2, 0.25) is 11.6 Å². The first-order valence-corrected chi connectivity index (χ1v) is 22.3. The van der Waals surface area contributed by atoms with Gasteiger partial charge < -0.3 is 0 Å². The van der Waals surface area contributed by atoms with Crippen LogP contribution in [-0.2, 0) is 11.5 Å². The molecule has 0 radical (unpaired) electrons. The van der Waals surface area contributed by atoms with E-state index in [0.717, 1.165) is 53.2 Å². The summed E-state index contributed by atoms with van der Waals surface area (Å²) in [7, 11) is 3.18. The second kappa shape index (κ2) is 14.6. The molecule has 0 aliphatic heterocycles. The van der Waals surface area contributed by atoms with Crippen molar-refractivity contribution in [2.24, 2.45) is 0 Å². The third-order valence-corrected chi connectivity index (χ3v) is 13.9. The van der Waals surface area contributed by atoms with Crippen molar-refractivity contribution in [1.82, 2.24) is 20.4 Å². The first-order chi connectivity index (χ1) is 20.7. The van der Waals surface area contributed by atoms with Crippen LogP contribution in [0.3, 0.4) is 0 Å². The molecule has 42 heavy (non-hydrogen) atoms. The quantitative estimate of drug-likeness (QED) is 0.0759. The van der Waals surface area contributed by atoms with Gasteiger partial charge in [0.2, 0.25) is 0 Å². The van der Waals surface area contributed by atoms with Crippen LogP contribution in [0.25, 0.3) is 21.5 Å². The van der Waals surface area contributed by atoms with Gasteiger partial charge in [-0.3, -0.25) is 0 Å². The zero-order valence-electron chi connectivity index (χ0n) is 22.9. The molecule has 0 fully saturated rings. The predicted octanol–water partition coefficient (Wildman–Crippen LogP) is 7.71. The number of aromatic nitrogens is 4. The van der Waals surface area contributed by atoms with Gasteiger partial charge >= 0.3 is 277 Å². The number of thioether (sulfide) groups is 2. The Kier molecular flexibility index (Phi) is 10.5. The SMILES string of the molecule is C[Se]c1ccc(CSc2nnc(SSc3nnc(SCc4ccc([Se]C)cc4)c4ccccc34)c3ccccc23)cc1. The van der Waals surface area contributed by atoms with E-state index in [0.29, 0.717) is 29.9 Å². The second-order valence-corrected chi connectivity index (χ2v) is 16.9. The molecule has 0 spiro atoms. The molecular formula is C32H26N4S4Se2. The van der Waals surface area contributed by atoms with Crippen LogP contribution in [-0.4, -0.2) is 50.3 Å². The summed E-state index contributed by atoms with van der Waals surface area (Å²) in [4.78, 5) is 0. The monoisotopic (exact) mass is 754 g/mol. The summed E-state index contributed by atoms with van der Waals surface area (Å²) in [6.45, 7) is 0. The molecule has 0 saturated heterocycles. The Hall–Kier alpha value is -2.00. The van der Waals surface area contributed by atoms with E-state index in [-0.39, 0.29) is 0 Å². The van der Waals surface area contributed by atoms with Crippen molar-refractivity contribution in [2.45, 2.75) is 43.3 Å². The molecule has 0 N–H and O–H groups in total. The first kappa shape index (κ1) is 30.0. The van der Waals surface area contributed by atoms with E-state index in [1.54, 1.807) is 45.1 Å². The molecule has 2 heterocycles. The Bertz CT molecular complexity index is 1680. The maximum atomic E-state index is 4.66. The van der Waals surface area contributed by atoms with Gasteiger partial charge in [-0.25, -0.2) is 0 Å². The molecule has 0 amide bonds. The minimum atomic E-state index is 0.527. The summed E-state index contributed by atoms with van der Waals surface area (Å²) >= 11 is 4.53. The van der Waals surface area contributed by atoms with Gasteiger partial charge in [0.15, 0.2) is 0 Å². The van der Waals surface area contributed by atoms with Crippen LogP contribution >= 0.6 is 45.1 Å². The number of hydrogen-bond acceptors (Lipinski definition) is 8. The molecule has 210 valence electrons. The van der Waals surface area contributed by atoms with E-state index in [1.807, 2.05) is 0 Å². The fourth-order valence-electron chi connectivity index (χ4n) is 4.27. The third kappa shape index (κ3) is 7.20. The zero-order chi connectivity index (χ0) is 28.7. The number of rotatable bonds is 11. The Labute approximate surface area is 275 Å². The van der Waals surface area contributed by atoms with Gasteiger partial charge in [-0.05, 0) is 0 Å². The normalized spacial score (nSPS) is 11.4. The number of benzene rings is 4. The first-order valence-electron chi connectivity index (χ1n) is 13.1. The number of nitrogens with zero attached hydrogens (tertiary/aromatic N) is 4. The van der Waals surface area contributed by atoms with E-state index in [2.05, 4.69) is 129 Å². The average Bonchev–Trinajstić information content (AvgIpc) is 3.06. The molecule has 0 atom stereocenters. The summed E-state index contributed by atoms with van der Waals surface area (Å²) in [5.74, 6) is 6.23. The van der Waals surface area contributed by atoms with Crippen LogP contribution in [0.5, 0.6) is 0 Å². The fraction of sp³-hybridized carbons (Fsp3) is 0.125. The molecule has 10 heteroatoms. The number of hydrogen-bond donors (Lipinski definition) is 0. The fourth-order valence-corrected chi connectivity index (χ4v) is 9.89. The van der Waals surface area contributed by atoms with Gasteiger partial charge in [0.1, 0.15) is 0 Å². The van der Waals surface area contributed by atoms with E-state index in [1.165, 1.54) is 20.1 Å². The zero-order valence-corrected chi connectivity index (χ0v) is 29.6. The van der Waals surface area contributed by atoms with Crippen molar-refractivity contribution in [2.75, 3.05) is 0 Å². The molecule has 2 aromatic heterocycles. The Morgan fingerprint density at radius 1 is 0.452 bits per heavy atom. The van der Waals surface area contributed by atoms with Gasteiger partial charge in [0, 0.05) is 0 Å². The molecule has 0 aliphatic rings. The van der Waals surface area contributed by atoms with Crippen LogP contribution in [0.4, 0.5) is 0 Å². The van der Waals surface area contributed by atoms with E-state index >= 15 is 0 Å². The molecule has 6 aromatic rings. The predicted molar refractivity (Wildman–Crippen MR) is 185 cm³/mol. The van der Waals surface area contributed by atoms with Gasteiger partial charge in [-0.15, -0.1) is 0 Å². The summed E-state index contributed by atoms with van der Waals surface area (Å²) < 4.78 is 2.84. The second-order valence-electron chi connectivity index (χ2n) is 9.15. The summed E-state index contributed by atoms with van der Waals surface area (Å²) in [5.41, 5.74) is 2.60. The standard InChI is InChI=1S/C32H26N4S4Se2/c1-41-23-15-11-21(12-16-23)19-37-29-25-7-3-5-9-27(25)31(35-33-29)39-40-32-28-10-6-4-8-26(28)30(34-36-32)38-20-22-13-17-24(42-2)18-14-22/h3-18H,19-20H2,1-2H3. The molecule has 4 aromatic carbocycles. The maximum absolute atomic E-state index is 4.66. The average molecular weight is 753 g/mol. The molecule has 0 bridgehead atoms. The minimum absolute atomic E-state index is 0.527. The topological polar surface area (TPSA) is 51.6 Å². The summed E-state index contributed by atoms with van der Waals surface area (Å²) in [6.07, 6.45) is 0. The molecule has 0 aliphatic carbocycles. The van der Waals surface area contributed by atoms with Crippen molar-refractivity contribution in [3.63, 3.8) is 0 Å². The molecule has 6 rings (SSSR count). The van der Waals surface area contributed by atoms with Crippen molar-refractivity contribution in [3.05, 3.63) is 108 Å². The van der Waals surface area contributed by atoms with Gasteiger partial charge in [-0.1, -0.05) is 0 Å². The van der Waals surface area contributed by atoms with Crippen LogP contribution in [0.15, 0.2) is 117 Å². The van der Waals surface area contributed by atoms with Gasteiger partial charge in [0.25, 0.3) is 0 Å². The molecule has 0 unspecified atom stereocenters. The van der Waals surface area contributed by atoms with Crippen molar-refractivity contribution < 1.29 is 0 Å². The summed E-state index contributed by atoms with van der Waals surface area (Å²) in [5, 5.41) is 26.8. The van der Waals surface area contributed by atoms with Crippen LogP contribution < -0.4 is 8.92 Å². The Balaban J connectivity index is 1.18. The third-order valence-electron chi connectivity index (χ3n) is 6.51. The van der Waals surface area contributed by atoms with E-state index in [9.17, 15) is 0 Å². The van der Waals surface area contributed by atoms with Gasteiger partial charge in [-0.2, -0.15) is 0 Å². The summed E-state index contributed by atoms with van der Waals surface area (Å²) in [6, 6.07) is 34.7. The number of fused-ring (bicyclic) bond motifs is 2. The molecular weight excluding hydrogens is 727 g/mol. The van der Waals surface area contributed by atoms with Crippen LogP contribution in [0, 0.1) is 0 Å². The molecule has 4 nitrogen and oxygen atoms in total. The Morgan fingerprint density at radius 2 is 0.786 bits per heavy atom. The van der Waals surface area contributed by atoms with E-state index < -0.39 is 0 Å². The van der Waals surface area contributed by atoms with Crippen molar-refractivity contribution in [3.8, 4) is 0 Å².